The van der Waals surface area contributed by atoms with Gasteiger partial charge in [0.1, 0.15) is 5.75 Å². The third-order valence-corrected chi connectivity index (χ3v) is 4.98. The number of phenols is 1. The maximum Gasteiger partial charge on any atom is 0.239 e. The van der Waals surface area contributed by atoms with E-state index in [2.05, 4.69) is 9.80 Å². The quantitative estimate of drug-likeness (QED) is 0.899. The minimum atomic E-state index is -0.0941. The number of carbonyl (C=O) groups excluding carboxylic acids is 1. The van der Waals surface area contributed by atoms with Crippen LogP contribution in [0.25, 0.3) is 0 Å². The number of hydrogen-bond acceptors (Lipinski definition) is 5. The van der Waals surface area contributed by atoms with E-state index in [0.29, 0.717) is 25.4 Å². The minimum Gasteiger partial charge on any atom is -0.506 e. The fourth-order valence-electron chi connectivity index (χ4n) is 3.47. The summed E-state index contributed by atoms with van der Waals surface area (Å²) in [6, 6.07) is 7.29. The van der Waals surface area contributed by atoms with Crippen LogP contribution in [0.2, 0.25) is 0 Å². The molecule has 132 valence electrons. The molecule has 1 aromatic rings. The lowest BCUT2D eigenvalue weighted by atomic mass is 10.2. The summed E-state index contributed by atoms with van der Waals surface area (Å²) < 4.78 is 5.48. The molecule has 1 unspecified atom stereocenters. The molecule has 0 spiro atoms. The summed E-state index contributed by atoms with van der Waals surface area (Å²) in [5.41, 5.74) is 0.849. The van der Waals surface area contributed by atoms with Crippen molar-refractivity contribution >= 4 is 11.6 Å². The van der Waals surface area contributed by atoms with Gasteiger partial charge < -0.3 is 19.6 Å². The molecule has 0 bridgehead atoms. The third-order valence-electron chi connectivity index (χ3n) is 4.98. The number of carbonyl (C=O) groups is 1. The van der Waals surface area contributed by atoms with E-state index in [1.165, 1.54) is 0 Å². The van der Waals surface area contributed by atoms with Gasteiger partial charge in [-0.05, 0) is 25.5 Å². The summed E-state index contributed by atoms with van der Waals surface area (Å²) in [5.74, 6) is 0.504. The molecule has 0 aliphatic carbocycles. The molecule has 6 nitrogen and oxygen atoms in total. The van der Waals surface area contributed by atoms with E-state index >= 15 is 0 Å². The standard InChI is InChI=1S/C18H27N3O3/c1-15(19-7-4-13-24-14-12-19)18(23)21-10-8-20(9-11-21)16-5-2-3-6-17(16)22/h2-3,5-6,15,22H,4,7-14H2,1H3. The van der Waals surface area contributed by atoms with Gasteiger partial charge in [-0.3, -0.25) is 9.69 Å². The zero-order valence-corrected chi connectivity index (χ0v) is 14.4. The van der Waals surface area contributed by atoms with E-state index in [-0.39, 0.29) is 11.9 Å². The zero-order valence-electron chi connectivity index (χ0n) is 14.4. The number of anilines is 1. The van der Waals surface area contributed by atoms with Crippen LogP contribution in [0.15, 0.2) is 24.3 Å². The van der Waals surface area contributed by atoms with Crippen molar-refractivity contribution in [3.63, 3.8) is 0 Å². The van der Waals surface area contributed by atoms with Crippen molar-refractivity contribution in [2.45, 2.75) is 19.4 Å². The van der Waals surface area contributed by atoms with Gasteiger partial charge in [0.15, 0.2) is 0 Å². The van der Waals surface area contributed by atoms with Crippen molar-refractivity contribution < 1.29 is 14.6 Å². The molecule has 2 heterocycles. The molecule has 1 atom stereocenters. The highest BCUT2D eigenvalue weighted by Gasteiger charge is 2.29. The highest BCUT2D eigenvalue weighted by molar-refractivity contribution is 5.81. The van der Waals surface area contributed by atoms with Crippen LogP contribution in [0.1, 0.15) is 13.3 Å². The molecule has 0 aromatic heterocycles. The monoisotopic (exact) mass is 333 g/mol. The lowest BCUT2D eigenvalue weighted by Gasteiger charge is -2.39. The number of hydrogen-bond donors (Lipinski definition) is 1. The molecule has 3 rings (SSSR count). The van der Waals surface area contributed by atoms with Crippen molar-refractivity contribution in [2.24, 2.45) is 0 Å². The van der Waals surface area contributed by atoms with Gasteiger partial charge in [0.05, 0.1) is 18.3 Å². The first-order valence-electron chi connectivity index (χ1n) is 8.80. The minimum absolute atomic E-state index is 0.0941. The van der Waals surface area contributed by atoms with E-state index in [4.69, 9.17) is 4.74 Å². The maximum absolute atomic E-state index is 12.8. The van der Waals surface area contributed by atoms with E-state index in [1.807, 2.05) is 30.0 Å². The lowest BCUT2D eigenvalue weighted by Crippen LogP contribution is -2.54. The van der Waals surface area contributed by atoms with Crippen molar-refractivity contribution in [1.82, 2.24) is 9.80 Å². The molecule has 2 saturated heterocycles. The van der Waals surface area contributed by atoms with Crippen LogP contribution in [-0.4, -0.2) is 79.3 Å². The number of phenolic OH excluding ortho intramolecular Hbond substituents is 1. The number of aromatic hydroxyl groups is 1. The topological polar surface area (TPSA) is 56.2 Å². The van der Waals surface area contributed by atoms with Gasteiger partial charge in [0.25, 0.3) is 0 Å². The Morgan fingerprint density at radius 3 is 2.58 bits per heavy atom. The van der Waals surface area contributed by atoms with Crippen molar-refractivity contribution in [3.05, 3.63) is 24.3 Å². The van der Waals surface area contributed by atoms with Crippen molar-refractivity contribution in [1.29, 1.82) is 0 Å². The molecule has 0 saturated carbocycles. The molecule has 24 heavy (non-hydrogen) atoms. The smallest absolute Gasteiger partial charge is 0.239 e. The van der Waals surface area contributed by atoms with Crippen molar-refractivity contribution in [3.8, 4) is 5.75 Å². The van der Waals surface area contributed by atoms with E-state index in [1.54, 1.807) is 6.07 Å². The number of piperazine rings is 1. The summed E-state index contributed by atoms with van der Waals surface area (Å²) in [5, 5.41) is 9.98. The first kappa shape index (κ1) is 17.0. The second-order valence-electron chi connectivity index (χ2n) is 6.48. The van der Waals surface area contributed by atoms with Crippen molar-refractivity contribution in [2.75, 3.05) is 57.4 Å². The fourth-order valence-corrected chi connectivity index (χ4v) is 3.47. The Labute approximate surface area is 143 Å². The summed E-state index contributed by atoms with van der Waals surface area (Å²) in [7, 11) is 0. The summed E-state index contributed by atoms with van der Waals surface area (Å²) in [4.78, 5) is 19.1. The Hall–Kier alpha value is -1.79. The Balaban J connectivity index is 1.55. The van der Waals surface area contributed by atoms with Gasteiger partial charge in [0, 0.05) is 45.9 Å². The van der Waals surface area contributed by atoms with Crippen LogP contribution in [0.4, 0.5) is 5.69 Å². The molecule has 0 radical (unpaired) electrons. The molecule has 2 aliphatic rings. The van der Waals surface area contributed by atoms with Gasteiger partial charge in [-0.15, -0.1) is 0 Å². The Morgan fingerprint density at radius 2 is 1.83 bits per heavy atom. The molecular formula is C18H27N3O3. The lowest BCUT2D eigenvalue weighted by molar-refractivity contribution is -0.136. The van der Waals surface area contributed by atoms with Crippen LogP contribution in [-0.2, 0) is 9.53 Å². The number of nitrogens with zero attached hydrogens (tertiary/aromatic N) is 3. The fraction of sp³-hybridized carbons (Fsp3) is 0.611. The van der Waals surface area contributed by atoms with Crippen LogP contribution < -0.4 is 4.90 Å². The number of amides is 1. The Kier molecular flexibility index (Phi) is 5.58. The van der Waals surface area contributed by atoms with Gasteiger partial charge >= 0.3 is 0 Å². The first-order chi connectivity index (χ1) is 11.7. The number of benzene rings is 1. The highest BCUT2D eigenvalue weighted by Crippen LogP contribution is 2.27. The second kappa shape index (κ2) is 7.85. The largest absolute Gasteiger partial charge is 0.506 e. The molecular weight excluding hydrogens is 306 g/mol. The van der Waals surface area contributed by atoms with Crippen LogP contribution in [0, 0.1) is 0 Å². The number of para-hydroxylation sites is 2. The molecule has 6 heteroatoms. The van der Waals surface area contributed by atoms with Crippen LogP contribution in [0.5, 0.6) is 5.75 Å². The summed E-state index contributed by atoms with van der Waals surface area (Å²) >= 11 is 0. The molecule has 2 fully saturated rings. The first-order valence-corrected chi connectivity index (χ1v) is 8.80. The molecule has 2 aliphatic heterocycles. The average Bonchev–Trinajstić information content (AvgIpc) is 2.90. The van der Waals surface area contributed by atoms with E-state index in [9.17, 15) is 9.90 Å². The third kappa shape index (κ3) is 3.82. The average molecular weight is 333 g/mol. The predicted octanol–water partition coefficient (Wildman–Crippen LogP) is 1.15. The van der Waals surface area contributed by atoms with Gasteiger partial charge in [0.2, 0.25) is 5.91 Å². The second-order valence-corrected chi connectivity index (χ2v) is 6.48. The SMILES string of the molecule is CC(C(=O)N1CCN(c2ccccc2O)CC1)N1CCCOCC1. The van der Waals surface area contributed by atoms with Crippen LogP contribution in [0.3, 0.4) is 0 Å². The summed E-state index contributed by atoms with van der Waals surface area (Å²) in [6.45, 7) is 8.13. The maximum atomic E-state index is 12.8. The highest BCUT2D eigenvalue weighted by atomic mass is 16.5. The Bertz CT molecular complexity index is 550. The predicted molar refractivity (Wildman–Crippen MR) is 93.4 cm³/mol. The van der Waals surface area contributed by atoms with E-state index < -0.39 is 0 Å². The van der Waals surface area contributed by atoms with Gasteiger partial charge in [-0.1, -0.05) is 12.1 Å². The van der Waals surface area contributed by atoms with Gasteiger partial charge in [-0.25, -0.2) is 0 Å². The number of ether oxygens (including phenoxy) is 1. The molecule has 1 aromatic carbocycles. The molecule has 1 N–H and O–H groups in total. The Morgan fingerprint density at radius 1 is 1.08 bits per heavy atom. The van der Waals surface area contributed by atoms with Gasteiger partial charge in [-0.2, -0.15) is 0 Å². The normalized spacial score (nSPS) is 21.4. The summed E-state index contributed by atoms with van der Waals surface area (Å²) in [6.07, 6.45) is 0.985. The van der Waals surface area contributed by atoms with Crippen LogP contribution >= 0.6 is 0 Å². The zero-order chi connectivity index (χ0) is 16.9. The molecule has 1 amide bonds. The van der Waals surface area contributed by atoms with E-state index in [0.717, 1.165) is 44.9 Å². The number of rotatable bonds is 3.